The van der Waals surface area contributed by atoms with Crippen molar-refractivity contribution in [2.24, 2.45) is 0 Å². The molecule has 23 heavy (non-hydrogen) atoms. The Hall–Kier alpha value is -2.12. The van der Waals surface area contributed by atoms with Crippen molar-refractivity contribution >= 4 is 17.7 Å². The third-order valence-corrected chi connectivity index (χ3v) is 3.68. The van der Waals surface area contributed by atoms with E-state index in [1.165, 1.54) is 4.90 Å². The van der Waals surface area contributed by atoms with Gasteiger partial charge in [0.1, 0.15) is 17.6 Å². The smallest absolute Gasteiger partial charge is 0.410 e. The third kappa shape index (κ3) is 4.43. The average molecular weight is 325 g/mol. The maximum Gasteiger partial charge on any atom is 0.410 e. The lowest BCUT2D eigenvalue weighted by molar-refractivity contribution is 0.0106. The first-order valence-corrected chi connectivity index (χ1v) is 7.61. The number of nitrogens with two attached hydrogens (primary N) is 1. The summed E-state index contributed by atoms with van der Waals surface area (Å²) in [4.78, 5) is 15.2. The zero-order valence-electron chi connectivity index (χ0n) is 14.0. The Morgan fingerprint density at radius 1 is 1.43 bits per heavy atom. The summed E-state index contributed by atoms with van der Waals surface area (Å²) >= 11 is 0. The number of anilines is 2. The van der Waals surface area contributed by atoms with E-state index in [-0.39, 0.29) is 6.54 Å². The highest BCUT2D eigenvalue weighted by molar-refractivity contribution is 5.68. The first-order valence-electron chi connectivity index (χ1n) is 7.61. The number of piperidine rings is 1. The van der Waals surface area contributed by atoms with Crippen LogP contribution in [0.15, 0.2) is 12.1 Å². The lowest BCUT2D eigenvalue weighted by Crippen LogP contribution is -2.54. The molecule has 0 aliphatic carbocycles. The van der Waals surface area contributed by atoms with Gasteiger partial charge in [0.15, 0.2) is 5.82 Å². The molecule has 1 aromatic rings. The quantitative estimate of drug-likeness (QED) is 0.893. The number of amides is 1. The first kappa shape index (κ1) is 17.2. The van der Waals surface area contributed by atoms with E-state index in [0.717, 1.165) is 0 Å². The molecule has 7 nitrogen and oxygen atoms in total. The van der Waals surface area contributed by atoms with E-state index >= 15 is 0 Å². The predicted molar refractivity (Wildman–Crippen MR) is 86.0 cm³/mol. The van der Waals surface area contributed by atoms with Crippen molar-refractivity contribution in [2.75, 3.05) is 30.8 Å². The Bertz CT molecular complexity index is 546. The fourth-order valence-corrected chi connectivity index (χ4v) is 2.51. The van der Waals surface area contributed by atoms with Crippen molar-refractivity contribution in [1.29, 1.82) is 0 Å². The van der Waals surface area contributed by atoms with E-state index in [1.807, 2.05) is 0 Å². The molecular weight excluding hydrogens is 301 g/mol. The maximum atomic E-state index is 14.5. The lowest BCUT2D eigenvalue weighted by Gasteiger charge is -2.39. The number of alkyl halides is 1. The van der Waals surface area contributed by atoms with Crippen LogP contribution in [0, 0.1) is 0 Å². The van der Waals surface area contributed by atoms with Crippen molar-refractivity contribution in [2.45, 2.75) is 45.0 Å². The molecule has 1 aliphatic heterocycles. The number of rotatable bonds is 2. The summed E-state index contributed by atoms with van der Waals surface area (Å²) in [7, 11) is 1.57. The van der Waals surface area contributed by atoms with Crippen molar-refractivity contribution in [3.8, 4) is 0 Å². The highest BCUT2D eigenvalue weighted by Crippen LogP contribution is 2.24. The van der Waals surface area contributed by atoms with Gasteiger partial charge in [-0.05, 0) is 39.3 Å². The normalized spacial score (nSPS) is 21.9. The van der Waals surface area contributed by atoms with E-state index in [2.05, 4.69) is 10.2 Å². The molecule has 0 radical (unpaired) electrons. The van der Waals surface area contributed by atoms with Crippen LogP contribution in [0.4, 0.5) is 20.8 Å². The molecule has 0 bridgehead atoms. The summed E-state index contributed by atoms with van der Waals surface area (Å²) in [6.45, 7) is 6.09. The van der Waals surface area contributed by atoms with Crippen LogP contribution in [0.2, 0.25) is 0 Å². The van der Waals surface area contributed by atoms with Gasteiger partial charge in [-0.2, -0.15) is 0 Å². The number of ether oxygens (including phenoxy) is 1. The number of hydrogen-bond acceptors (Lipinski definition) is 6. The van der Waals surface area contributed by atoms with Crippen LogP contribution >= 0.6 is 0 Å². The van der Waals surface area contributed by atoms with E-state index in [0.29, 0.717) is 24.6 Å². The number of carbonyl (C=O) groups is 1. The molecule has 128 valence electrons. The zero-order chi connectivity index (χ0) is 17.2. The minimum atomic E-state index is -1.19. The largest absolute Gasteiger partial charge is 0.444 e. The molecular formula is C15H24FN5O2. The van der Waals surface area contributed by atoms with Crippen LogP contribution in [0.5, 0.6) is 0 Å². The van der Waals surface area contributed by atoms with E-state index in [4.69, 9.17) is 10.5 Å². The number of nitrogens with zero attached hydrogens (tertiary/aromatic N) is 4. The summed E-state index contributed by atoms with van der Waals surface area (Å²) < 4.78 is 19.8. The Labute approximate surface area is 135 Å². The standard InChI is InChI=1S/C15H24FN5O2/c1-15(2,3)23-14(22)20(4)11-7-8-21(9-10(11)16)13-6-5-12(17)18-19-13/h5-6,10-11H,7-9H2,1-4H3,(H2,17,18)/t10-,11-/m1/s1. The maximum absolute atomic E-state index is 14.5. The van der Waals surface area contributed by atoms with Gasteiger partial charge < -0.3 is 20.3 Å². The van der Waals surface area contributed by atoms with Crippen molar-refractivity contribution in [1.82, 2.24) is 15.1 Å². The van der Waals surface area contributed by atoms with Crippen LogP contribution < -0.4 is 10.6 Å². The van der Waals surface area contributed by atoms with Crippen LogP contribution in [-0.4, -0.2) is 59.1 Å². The number of hydrogen-bond donors (Lipinski definition) is 1. The van der Waals surface area contributed by atoms with Crippen LogP contribution in [-0.2, 0) is 4.74 Å². The van der Waals surface area contributed by atoms with E-state index in [1.54, 1.807) is 44.9 Å². The molecule has 1 saturated heterocycles. The van der Waals surface area contributed by atoms with Crippen LogP contribution in [0.1, 0.15) is 27.2 Å². The van der Waals surface area contributed by atoms with Gasteiger partial charge in [0.25, 0.3) is 0 Å². The fraction of sp³-hybridized carbons (Fsp3) is 0.667. The van der Waals surface area contributed by atoms with Gasteiger partial charge in [-0.15, -0.1) is 10.2 Å². The first-order chi connectivity index (χ1) is 10.7. The minimum absolute atomic E-state index is 0.149. The van der Waals surface area contributed by atoms with Gasteiger partial charge in [-0.3, -0.25) is 0 Å². The molecule has 1 amide bonds. The molecule has 2 heterocycles. The lowest BCUT2D eigenvalue weighted by atomic mass is 10.0. The van der Waals surface area contributed by atoms with Crippen molar-refractivity contribution in [3.05, 3.63) is 12.1 Å². The number of halogens is 1. The van der Waals surface area contributed by atoms with Gasteiger partial charge in [0.05, 0.1) is 12.6 Å². The molecule has 2 rings (SSSR count). The number of nitrogen functional groups attached to an aromatic ring is 1. The van der Waals surface area contributed by atoms with Crippen molar-refractivity contribution in [3.63, 3.8) is 0 Å². The van der Waals surface area contributed by atoms with E-state index < -0.39 is 23.9 Å². The molecule has 0 unspecified atom stereocenters. The van der Waals surface area contributed by atoms with Gasteiger partial charge in [0.2, 0.25) is 0 Å². The Morgan fingerprint density at radius 3 is 2.65 bits per heavy atom. The molecule has 0 spiro atoms. The monoisotopic (exact) mass is 325 g/mol. The zero-order valence-corrected chi connectivity index (χ0v) is 14.0. The Kier molecular flexibility index (Phi) is 4.91. The van der Waals surface area contributed by atoms with Gasteiger partial charge >= 0.3 is 6.09 Å². The molecule has 0 aromatic carbocycles. The molecule has 2 atom stereocenters. The number of aromatic nitrogens is 2. The molecule has 0 saturated carbocycles. The highest BCUT2D eigenvalue weighted by Gasteiger charge is 2.36. The second-order valence-electron chi connectivity index (χ2n) is 6.73. The topological polar surface area (TPSA) is 84.6 Å². The SMILES string of the molecule is CN(C(=O)OC(C)(C)C)[C@@H]1CCN(c2ccc(N)nn2)C[C@H]1F. The fourth-order valence-electron chi connectivity index (χ4n) is 2.51. The minimum Gasteiger partial charge on any atom is -0.444 e. The van der Waals surface area contributed by atoms with E-state index in [9.17, 15) is 9.18 Å². The highest BCUT2D eigenvalue weighted by atomic mass is 19.1. The van der Waals surface area contributed by atoms with Crippen LogP contribution in [0.25, 0.3) is 0 Å². The summed E-state index contributed by atoms with van der Waals surface area (Å²) in [6, 6.07) is 2.84. The summed E-state index contributed by atoms with van der Waals surface area (Å²) in [6.07, 6.45) is -1.21. The Morgan fingerprint density at radius 2 is 2.13 bits per heavy atom. The van der Waals surface area contributed by atoms with Gasteiger partial charge in [-0.1, -0.05) is 0 Å². The Balaban J connectivity index is 1.98. The molecule has 1 aliphatic rings. The van der Waals surface area contributed by atoms with Crippen molar-refractivity contribution < 1.29 is 13.9 Å². The second-order valence-corrected chi connectivity index (χ2v) is 6.73. The summed E-state index contributed by atoms with van der Waals surface area (Å²) in [5, 5.41) is 7.75. The van der Waals surface area contributed by atoms with Gasteiger partial charge in [0, 0.05) is 13.6 Å². The molecule has 1 aromatic heterocycles. The predicted octanol–water partition coefficient (Wildman–Crippen LogP) is 1.84. The molecule has 1 fully saturated rings. The summed E-state index contributed by atoms with van der Waals surface area (Å²) in [5.41, 5.74) is 4.90. The second kappa shape index (κ2) is 6.55. The average Bonchev–Trinajstić information content (AvgIpc) is 2.45. The third-order valence-electron chi connectivity index (χ3n) is 3.68. The molecule has 2 N–H and O–H groups in total. The summed E-state index contributed by atoms with van der Waals surface area (Å²) in [5.74, 6) is 0.908. The van der Waals surface area contributed by atoms with Gasteiger partial charge in [-0.25, -0.2) is 9.18 Å². The molecule has 8 heteroatoms. The van der Waals surface area contributed by atoms with Crippen LogP contribution in [0.3, 0.4) is 0 Å². The number of carbonyl (C=O) groups excluding carboxylic acids is 1.